The average Bonchev–Trinajstić information content (AvgIpc) is 2.18. The Morgan fingerprint density at radius 3 is 2.47 bits per heavy atom. The van der Waals surface area contributed by atoms with Crippen LogP contribution in [0.25, 0.3) is 0 Å². The Bertz CT molecular complexity index is 340. The molecular weight excluding hydrogens is 213 g/mol. The number of benzene rings is 1. The van der Waals surface area contributed by atoms with Crippen LogP contribution in [-0.2, 0) is 4.57 Å². The number of nitrogens with one attached hydrogen (secondary N) is 1. The lowest BCUT2D eigenvalue weighted by atomic mass is 10.3. The second-order valence-electron chi connectivity index (χ2n) is 3.50. The first kappa shape index (κ1) is 12.2. The highest BCUT2D eigenvalue weighted by atomic mass is 31.2. The van der Waals surface area contributed by atoms with Gasteiger partial charge in [0.2, 0.25) is 0 Å². The summed E-state index contributed by atoms with van der Waals surface area (Å²) >= 11 is 0. The van der Waals surface area contributed by atoms with Crippen LogP contribution in [0.2, 0.25) is 0 Å². The van der Waals surface area contributed by atoms with Gasteiger partial charge in [-0.15, -0.1) is 0 Å². The highest BCUT2D eigenvalue weighted by Crippen LogP contribution is 2.42. The molecule has 4 nitrogen and oxygen atoms in total. The van der Waals surface area contributed by atoms with E-state index in [9.17, 15) is 4.57 Å². The van der Waals surface area contributed by atoms with Crippen LogP contribution in [-0.4, -0.2) is 17.5 Å². The molecule has 1 atom stereocenters. The first-order valence-electron chi connectivity index (χ1n) is 4.78. The van der Waals surface area contributed by atoms with Gasteiger partial charge in [-0.3, -0.25) is 4.57 Å². The van der Waals surface area contributed by atoms with E-state index in [1.807, 2.05) is 19.9 Å². The van der Waals surface area contributed by atoms with Crippen LogP contribution in [0.4, 0.5) is 0 Å². The van der Waals surface area contributed by atoms with E-state index in [-0.39, 0.29) is 6.04 Å². The molecule has 0 saturated heterocycles. The lowest BCUT2D eigenvalue weighted by Crippen LogP contribution is -2.23. The fourth-order valence-corrected chi connectivity index (χ4v) is 2.58. The van der Waals surface area contributed by atoms with Gasteiger partial charge in [0.25, 0.3) is 0 Å². The molecule has 1 aromatic rings. The minimum Gasteiger partial charge on any atom is -0.431 e. The Morgan fingerprint density at radius 2 is 2.00 bits per heavy atom. The largest absolute Gasteiger partial charge is 0.431 e. The van der Waals surface area contributed by atoms with E-state index in [4.69, 9.17) is 9.63 Å². The zero-order valence-electron chi connectivity index (χ0n) is 8.88. The van der Waals surface area contributed by atoms with E-state index in [1.54, 1.807) is 24.3 Å². The van der Waals surface area contributed by atoms with Gasteiger partial charge in [0.1, 0.15) is 12.1 Å². The minimum absolute atomic E-state index is 0.00769. The van der Waals surface area contributed by atoms with Crippen molar-refractivity contribution in [3.8, 4) is 5.75 Å². The van der Waals surface area contributed by atoms with Crippen molar-refractivity contribution in [3.05, 3.63) is 30.3 Å². The molecule has 15 heavy (non-hydrogen) atoms. The molecule has 5 heteroatoms. The summed E-state index contributed by atoms with van der Waals surface area (Å²) in [5, 5.41) is 11.8. The fraction of sp³-hybridized carbons (Fsp3) is 0.400. The van der Waals surface area contributed by atoms with Crippen molar-refractivity contribution in [3.63, 3.8) is 0 Å². The Kier molecular flexibility index (Phi) is 4.33. The molecule has 0 spiro atoms. The molecule has 0 saturated carbocycles. The monoisotopic (exact) mass is 229 g/mol. The lowest BCUT2D eigenvalue weighted by Gasteiger charge is -2.20. The van der Waals surface area contributed by atoms with Crippen molar-refractivity contribution in [2.45, 2.75) is 19.9 Å². The van der Waals surface area contributed by atoms with Gasteiger partial charge in [-0.05, 0) is 26.0 Å². The average molecular weight is 229 g/mol. The third kappa shape index (κ3) is 4.04. The van der Waals surface area contributed by atoms with Gasteiger partial charge in [-0.2, -0.15) is 0 Å². The second kappa shape index (κ2) is 5.31. The normalized spacial score (nSPS) is 14.9. The van der Waals surface area contributed by atoms with Gasteiger partial charge in [0, 0.05) is 6.04 Å². The molecule has 0 heterocycles. The Hall–Kier alpha value is -0.830. The van der Waals surface area contributed by atoms with Crippen LogP contribution < -0.4 is 9.61 Å². The molecule has 0 fully saturated rings. The van der Waals surface area contributed by atoms with Crippen LogP contribution >= 0.6 is 7.52 Å². The number of hydrogen-bond donors (Lipinski definition) is 2. The molecule has 1 aromatic carbocycles. The summed E-state index contributed by atoms with van der Waals surface area (Å²) in [6, 6.07) is 8.80. The van der Waals surface area contributed by atoms with E-state index in [1.165, 1.54) is 0 Å². The summed E-state index contributed by atoms with van der Waals surface area (Å²) < 4.78 is 17.2. The molecule has 0 aliphatic heterocycles. The number of rotatable bonds is 5. The molecule has 1 rings (SSSR count). The standard InChI is InChI=1S/C10H16NO3P/c1-9(2)11-15(13,8-12)14-10-6-4-3-5-7-10/h3-7,9,12H,8H2,1-2H3,(H,11,13)/t15-/m0/s1. The molecule has 0 bridgehead atoms. The summed E-state index contributed by atoms with van der Waals surface area (Å²) in [7, 11) is -3.17. The van der Waals surface area contributed by atoms with Crippen molar-refractivity contribution in [1.82, 2.24) is 5.09 Å². The zero-order chi connectivity index (χ0) is 11.3. The predicted octanol–water partition coefficient (Wildman–Crippen LogP) is 2.21. The third-order valence-electron chi connectivity index (χ3n) is 1.64. The zero-order valence-corrected chi connectivity index (χ0v) is 9.78. The van der Waals surface area contributed by atoms with Gasteiger partial charge < -0.3 is 9.63 Å². The Morgan fingerprint density at radius 1 is 1.40 bits per heavy atom. The number of aliphatic hydroxyl groups is 1. The summed E-state index contributed by atoms with van der Waals surface area (Å²) in [4.78, 5) is 0. The van der Waals surface area contributed by atoms with Crippen molar-refractivity contribution in [2.75, 3.05) is 6.35 Å². The predicted molar refractivity (Wildman–Crippen MR) is 60.0 cm³/mol. The quantitative estimate of drug-likeness (QED) is 0.760. The van der Waals surface area contributed by atoms with E-state index in [0.717, 1.165) is 0 Å². The van der Waals surface area contributed by atoms with E-state index in [0.29, 0.717) is 5.75 Å². The summed E-state index contributed by atoms with van der Waals surface area (Å²) in [5.41, 5.74) is 0. The number of aliphatic hydroxyl groups excluding tert-OH is 1. The molecule has 0 aliphatic rings. The van der Waals surface area contributed by atoms with Gasteiger partial charge in [-0.1, -0.05) is 18.2 Å². The molecule has 0 unspecified atom stereocenters. The number of hydrogen-bond acceptors (Lipinski definition) is 3. The minimum atomic E-state index is -3.17. The van der Waals surface area contributed by atoms with Crippen LogP contribution in [0.3, 0.4) is 0 Å². The molecule has 84 valence electrons. The van der Waals surface area contributed by atoms with Crippen LogP contribution in [0.15, 0.2) is 30.3 Å². The maximum Gasteiger partial charge on any atom is 0.341 e. The topological polar surface area (TPSA) is 58.6 Å². The van der Waals surface area contributed by atoms with Crippen LogP contribution in [0.1, 0.15) is 13.8 Å². The molecule has 2 N–H and O–H groups in total. The maximum atomic E-state index is 12.0. The Labute approximate surface area is 89.8 Å². The highest BCUT2D eigenvalue weighted by Gasteiger charge is 2.24. The second-order valence-corrected chi connectivity index (χ2v) is 5.57. The first-order chi connectivity index (χ1) is 7.06. The fourth-order valence-electron chi connectivity index (χ4n) is 1.14. The SMILES string of the molecule is CC(C)N[P@](=O)(CO)Oc1ccccc1. The number of para-hydroxylation sites is 1. The summed E-state index contributed by atoms with van der Waals surface area (Å²) in [6.45, 7) is 3.69. The lowest BCUT2D eigenvalue weighted by molar-refractivity contribution is 0.328. The molecule has 0 radical (unpaired) electrons. The van der Waals surface area contributed by atoms with Crippen molar-refractivity contribution >= 4 is 7.52 Å². The third-order valence-corrected chi connectivity index (χ3v) is 3.43. The molecule has 0 aliphatic carbocycles. The van der Waals surface area contributed by atoms with Gasteiger partial charge in [0.05, 0.1) is 0 Å². The first-order valence-corrected chi connectivity index (χ1v) is 6.59. The van der Waals surface area contributed by atoms with E-state index < -0.39 is 13.9 Å². The summed E-state index contributed by atoms with van der Waals surface area (Å²) in [6.07, 6.45) is -0.514. The van der Waals surface area contributed by atoms with Crippen molar-refractivity contribution < 1.29 is 14.2 Å². The highest BCUT2D eigenvalue weighted by molar-refractivity contribution is 7.57. The van der Waals surface area contributed by atoms with Crippen molar-refractivity contribution in [1.29, 1.82) is 0 Å². The molecule has 0 aromatic heterocycles. The summed E-state index contributed by atoms with van der Waals surface area (Å²) in [5.74, 6) is 0.489. The molecular formula is C10H16NO3P. The van der Waals surface area contributed by atoms with Crippen LogP contribution in [0.5, 0.6) is 5.75 Å². The van der Waals surface area contributed by atoms with Gasteiger partial charge >= 0.3 is 7.52 Å². The van der Waals surface area contributed by atoms with E-state index in [2.05, 4.69) is 5.09 Å². The van der Waals surface area contributed by atoms with Crippen LogP contribution in [0, 0.1) is 0 Å². The van der Waals surface area contributed by atoms with Crippen molar-refractivity contribution in [2.24, 2.45) is 0 Å². The van der Waals surface area contributed by atoms with Gasteiger partial charge in [0.15, 0.2) is 0 Å². The maximum absolute atomic E-state index is 12.0. The van der Waals surface area contributed by atoms with E-state index >= 15 is 0 Å². The van der Waals surface area contributed by atoms with Gasteiger partial charge in [-0.25, -0.2) is 5.09 Å². The molecule has 0 amide bonds. The Balaban J connectivity index is 2.73. The smallest absolute Gasteiger partial charge is 0.341 e.